The first-order valence-corrected chi connectivity index (χ1v) is 12.8. The van der Waals surface area contributed by atoms with Crippen LogP contribution in [0.1, 0.15) is 26.0 Å². The number of imide groups is 1. The maximum Gasteiger partial charge on any atom is 0.278 e. The van der Waals surface area contributed by atoms with Crippen molar-refractivity contribution in [2.75, 3.05) is 24.9 Å². The maximum atomic E-state index is 13.5. The van der Waals surface area contributed by atoms with Crippen LogP contribution in [0.15, 0.2) is 80.8 Å². The Morgan fingerprint density at radius 1 is 1.03 bits per heavy atom. The molecule has 3 amide bonds. The Labute approximate surface area is 225 Å². The number of furan rings is 1. The summed E-state index contributed by atoms with van der Waals surface area (Å²) in [6.07, 6.45) is 1.92. The van der Waals surface area contributed by atoms with Crippen molar-refractivity contribution in [3.63, 3.8) is 0 Å². The standard InChI is InChI=1S/C28H29N3O6S/c1-17(2)14-24(32)29-18-7-10-21(11-8-18)38-26-25(30-22-12-9-19(35-3)15-23(22)36-4)27(33)31(28(26)34)16-20-6-5-13-37-20/h5-13,15,17,30H,14,16H2,1-4H3,(H,29,32). The fourth-order valence-corrected chi connectivity index (χ4v) is 4.75. The Bertz CT molecular complexity index is 1350. The summed E-state index contributed by atoms with van der Waals surface area (Å²) in [4.78, 5) is 41.1. The van der Waals surface area contributed by atoms with Crippen molar-refractivity contribution in [1.82, 2.24) is 4.90 Å². The molecule has 1 aliphatic rings. The van der Waals surface area contributed by atoms with Crippen molar-refractivity contribution in [3.8, 4) is 11.5 Å². The summed E-state index contributed by atoms with van der Waals surface area (Å²) in [6, 6.07) is 15.7. The molecule has 38 heavy (non-hydrogen) atoms. The smallest absolute Gasteiger partial charge is 0.278 e. The van der Waals surface area contributed by atoms with E-state index in [1.165, 1.54) is 13.4 Å². The third-order valence-electron chi connectivity index (χ3n) is 5.64. The van der Waals surface area contributed by atoms with Crippen molar-refractivity contribution in [1.29, 1.82) is 0 Å². The zero-order valence-electron chi connectivity index (χ0n) is 21.6. The van der Waals surface area contributed by atoms with Crippen LogP contribution in [0.25, 0.3) is 0 Å². The van der Waals surface area contributed by atoms with Gasteiger partial charge in [-0.15, -0.1) is 0 Å². The fraction of sp³-hybridized carbons (Fsp3) is 0.250. The second-order valence-corrected chi connectivity index (χ2v) is 10.0. The SMILES string of the molecule is COc1ccc(NC2=C(Sc3ccc(NC(=O)CC(C)C)cc3)C(=O)N(Cc3ccco3)C2=O)c(OC)c1. The fourth-order valence-electron chi connectivity index (χ4n) is 3.80. The molecule has 0 bridgehead atoms. The number of anilines is 2. The molecule has 0 aliphatic carbocycles. The highest BCUT2D eigenvalue weighted by Crippen LogP contribution is 2.39. The molecule has 198 valence electrons. The Morgan fingerprint density at radius 2 is 1.79 bits per heavy atom. The molecule has 0 saturated carbocycles. The van der Waals surface area contributed by atoms with Crippen molar-refractivity contribution in [2.24, 2.45) is 5.92 Å². The number of carbonyl (C=O) groups is 3. The molecule has 2 N–H and O–H groups in total. The molecule has 10 heteroatoms. The van der Waals surface area contributed by atoms with Crippen LogP contribution in [0, 0.1) is 5.92 Å². The van der Waals surface area contributed by atoms with Gasteiger partial charge in [0.25, 0.3) is 11.8 Å². The van der Waals surface area contributed by atoms with Gasteiger partial charge in [-0.3, -0.25) is 19.3 Å². The van der Waals surface area contributed by atoms with Crippen LogP contribution in [0.4, 0.5) is 11.4 Å². The molecule has 2 aromatic carbocycles. The lowest BCUT2D eigenvalue weighted by Crippen LogP contribution is -2.31. The third kappa shape index (κ3) is 6.20. The van der Waals surface area contributed by atoms with Crippen LogP contribution in [0.5, 0.6) is 11.5 Å². The van der Waals surface area contributed by atoms with Gasteiger partial charge >= 0.3 is 0 Å². The highest BCUT2D eigenvalue weighted by molar-refractivity contribution is 8.04. The van der Waals surface area contributed by atoms with Gasteiger partial charge in [0.15, 0.2) is 0 Å². The quantitative estimate of drug-likeness (QED) is 0.320. The number of amides is 3. The number of thioether (sulfide) groups is 1. The van der Waals surface area contributed by atoms with E-state index in [0.29, 0.717) is 35.1 Å². The number of rotatable bonds is 11. The number of benzene rings is 2. The predicted molar refractivity (Wildman–Crippen MR) is 145 cm³/mol. The molecule has 0 spiro atoms. The maximum absolute atomic E-state index is 13.5. The average Bonchev–Trinajstić information content (AvgIpc) is 3.49. The number of nitrogens with one attached hydrogen (secondary N) is 2. The van der Waals surface area contributed by atoms with Gasteiger partial charge in [-0.05, 0) is 54.4 Å². The van der Waals surface area contributed by atoms with E-state index in [4.69, 9.17) is 13.9 Å². The highest BCUT2D eigenvalue weighted by Gasteiger charge is 2.40. The number of carbonyl (C=O) groups excluding carboxylic acids is 3. The van der Waals surface area contributed by atoms with Gasteiger partial charge in [-0.25, -0.2) is 0 Å². The molecule has 3 aromatic rings. The van der Waals surface area contributed by atoms with E-state index in [1.807, 2.05) is 13.8 Å². The van der Waals surface area contributed by atoms with Gasteiger partial charge in [-0.1, -0.05) is 25.6 Å². The average molecular weight is 536 g/mol. The van der Waals surface area contributed by atoms with Crippen LogP contribution in [-0.2, 0) is 20.9 Å². The molecule has 1 aliphatic heterocycles. The Balaban J connectivity index is 1.62. The van der Waals surface area contributed by atoms with Crippen LogP contribution in [0.2, 0.25) is 0 Å². The van der Waals surface area contributed by atoms with Crippen LogP contribution >= 0.6 is 11.8 Å². The largest absolute Gasteiger partial charge is 0.497 e. The summed E-state index contributed by atoms with van der Waals surface area (Å²) in [5, 5.41) is 5.97. The van der Waals surface area contributed by atoms with Gasteiger partial charge in [0.1, 0.15) is 27.9 Å². The number of ether oxygens (including phenoxy) is 2. The normalized spacial score (nSPS) is 13.3. The Hall–Kier alpha value is -4.18. The van der Waals surface area contributed by atoms with E-state index < -0.39 is 11.8 Å². The summed E-state index contributed by atoms with van der Waals surface area (Å²) >= 11 is 1.16. The molecule has 0 fully saturated rings. The van der Waals surface area contributed by atoms with E-state index in [2.05, 4.69) is 10.6 Å². The second kappa shape index (κ2) is 11.9. The van der Waals surface area contributed by atoms with Crippen LogP contribution in [-0.4, -0.2) is 36.8 Å². The first-order valence-electron chi connectivity index (χ1n) is 12.0. The summed E-state index contributed by atoms with van der Waals surface area (Å²) in [5.41, 5.74) is 1.29. The van der Waals surface area contributed by atoms with E-state index in [-0.39, 0.29) is 29.0 Å². The predicted octanol–water partition coefficient (Wildman–Crippen LogP) is 5.27. The minimum atomic E-state index is -0.482. The first-order chi connectivity index (χ1) is 18.3. The Morgan fingerprint density at radius 3 is 2.42 bits per heavy atom. The molecular formula is C28H29N3O6S. The monoisotopic (exact) mass is 535 g/mol. The van der Waals surface area contributed by atoms with Gasteiger partial charge < -0.3 is 24.5 Å². The van der Waals surface area contributed by atoms with Crippen molar-refractivity contribution in [3.05, 3.63) is 77.2 Å². The molecule has 0 atom stereocenters. The summed E-state index contributed by atoms with van der Waals surface area (Å²) < 4.78 is 16.1. The summed E-state index contributed by atoms with van der Waals surface area (Å²) in [6.45, 7) is 3.96. The number of hydrogen-bond acceptors (Lipinski definition) is 8. The van der Waals surface area contributed by atoms with Gasteiger partial charge in [0.05, 0.1) is 32.7 Å². The van der Waals surface area contributed by atoms with E-state index in [9.17, 15) is 14.4 Å². The zero-order chi connectivity index (χ0) is 27.2. The molecule has 0 saturated heterocycles. The highest BCUT2D eigenvalue weighted by atomic mass is 32.2. The lowest BCUT2D eigenvalue weighted by molar-refractivity contribution is -0.138. The van der Waals surface area contributed by atoms with Gasteiger partial charge in [0, 0.05) is 23.1 Å². The first kappa shape index (κ1) is 26.9. The lowest BCUT2D eigenvalue weighted by atomic mass is 10.1. The van der Waals surface area contributed by atoms with Crippen molar-refractivity contribution < 1.29 is 28.3 Å². The van der Waals surface area contributed by atoms with Crippen LogP contribution < -0.4 is 20.1 Å². The van der Waals surface area contributed by atoms with E-state index in [1.54, 1.807) is 61.7 Å². The lowest BCUT2D eigenvalue weighted by Gasteiger charge is -2.15. The summed E-state index contributed by atoms with van der Waals surface area (Å²) in [5.74, 6) is 0.790. The molecule has 4 rings (SSSR count). The Kier molecular flexibility index (Phi) is 8.42. The number of methoxy groups -OCH3 is 2. The second-order valence-electron chi connectivity index (χ2n) is 8.94. The molecular weight excluding hydrogens is 506 g/mol. The zero-order valence-corrected chi connectivity index (χ0v) is 22.4. The van der Waals surface area contributed by atoms with Gasteiger partial charge in [0.2, 0.25) is 5.91 Å². The number of nitrogens with zero attached hydrogens (tertiary/aromatic N) is 1. The van der Waals surface area contributed by atoms with E-state index >= 15 is 0 Å². The number of hydrogen-bond donors (Lipinski definition) is 2. The molecule has 2 heterocycles. The molecule has 1 aromatic heterocycles. The van der Waals surface area contributed by atoms with Crippen molar-refractivity contribution >= 4 is 40.9 Å². The minimum absolute atomic E-state index is 0.000471. The minimum Gasteiger partial charge on any atom is -0.497 e. The van der Waals surface area contributed by atoms with Crippen LogP contribution in [0.3, 0.4) is 0 Å². The van der Waals surface area contributed by atoms with E-state index in [0.717, 1.165) is 21.6 Å². The van der Waals surface area contributed by atoms with Gasteiger partial charge in [-0.2, -0.15) is 0 Å². The molecule has 0 unspecified atom stereocenters. The molecule has 9 nitrogen and oxygen atoms in total. The topological polar surface area (TPSA) is 110 Å². The summed E-state index contributed by atoms with van der Waals surface area (Å²) in [7, 11) is 3.06. The third-order valence-corrected chi connectivity index (χ3v) is 6.73. The molecule has 0 radical (unpaired) electrons. The van der Waals surface area contributed by atoms with Crippen molar-refractivity contribution in [2.45, 2.75) is 31.7 Å².